The van der Waals surface area contributed by atoms with E-state index in [1.54, 1.807) is 6.07 Å². The molecule has 4 nitrogen and oxygen atoms in total. The van der Waals surface area contributed by atoms with Gasteiger partial charge in [-0.2, -0.15) is 0 Å². The van der Waals surface area contributed by atoms with Crippen molar-refractivity contribution in [1.29, 1.82) is 0 Å². The van der Waals surface area contributed by atoms with E-state index in [4.69, 9.17) is 4.74 Å². The van der Waals surface area contributed by atoms with Gasteiger partial charge >= 0.3 is 5.97 Å². The van der Waals surface area contributed by atoms with E-state index in [1.165, 1.54) is 13.2 Å². The fourth-order valence-electron chi connectivity index (χ4n) is 1.69. The van der Waals surface area contributed by atoms with Gasteiger partial charge in [-0.05, 0) is 31.7 Å². The number of ether oxygens (including phenoxy) is 2. The summed E-state index contributed by atoms with van der Waals surface area (Å²) in [6.45, 7) is 3.39. The Morgan fingerprint density at radius 3 is 2.74 bits per heavy atom. The van der Waals surface area contributed by atoms with Crippen molar-refractivity contribution in [3.8, 4) is 5.75 Å². The normalized spacial score (nSPS) is 10.6. The standard InChI is InChI=1S/C14H20FNO3/c1-4-19-13-6-5-11(9-12(13)15)10-16(2)8-7-14(17)18-3/h5-6,9H,4,7-8,10H2,1-3H3. The predicted molar refractivity (Wildman–Crippen MR) is 70.5 cm³/mol. The van der Waals surface area contributed by atoms with Gasteiger partial charge in [-0.25, -0.2) is 4.39 Å². The first-order valence-corrected chi connectivity index (χ1v) is 6.23. The van der Waals surface area contributed by atoms with Crippen molar-refractivity contribution in [2.75, 3.05) is 27.3 Å². The van der Waals surface area contributed by atoms with Gasteiger partial charge in [-0.1, -0.05) is 6.07 Å². The molecule has 1 rings (SSSR count). The zero-order valence-corrected chi connectivity index (χ0v) is 11.6. The molecule has 0 aromatic heterocycles. The van der Waals surface area contributed by atoms with Crippen LogP contribution < -0.4 is 4.74 Å². The van der Waals surface area contributed by atoms with Gasteiger partial charge < -0.3 is 14.4 Å². The first-order chi connectivity index (χ1) is 9.06. The smallest absolute Gasteiger partial charge is 0.306 e. The van der Waals surface area contributed by atoms with Crippen molar-refractivity contribution in [2.24, 2.45) is 0 Å². The summed E-state index contributed by atoms with van der Waals surface area (Å²) in [7, 11) is 3.24. The van der Waals surface area contributed by atoms with Crippen LogP contribution in [-0.2, 0) is 16.1 Å². The molecular formula is C14H20FNO3. The van der Waals surface area contributed by atoms with E-state index in [-0.39, 0.29) is 17.5 Å². The minimum Gasteiger partial charge on any atom is -0.491 e. The highest BCUT2D eigenvalue weighted by Gasteiger charge is 2.08. The number of hydrogen-bond donors (Lipinski definition) is 0. The summed E-state index contributed by atoms with van der Waals surface area (Å²) in [6, 6.07) is 4.91. The van der Waals surface area contributed by atoms with Crippen molar-refractivity contribution in [1.82, 2.24) is 4.90 Å². The van der Waals surface area contributed by atoms with Gasteiger partial charge in [0.05, 0.1) is 20.1 Å². The molecule has 0 bridgehead atoms. The van der Waals surface area contributed by atoms with Crippen molar-refractivity contribution >= 4 is 5.97 Å². The molecule has 0 saturated carbocycles. The molecule has 0 amide bonds. The summed E-state index contributed by atoms with van der Waals surface area (Å²) >= 11 is 0. The predicted octanol–water partition coefficient (Wildman–Crippen LogP) is 2.22. The molecule has 0 fully saturated rings. The Kier molecular flexibility index (Phi) is 6.29. The van der Waals surface area contributed by atoms with Gasteiger partial charge in [-0.3, -0.25) is 4.79 Å². The van der Waals surface area contributed by atoms with Crippen molar-refractivity contribution < 1.29 is 18.7 Å². The Hall–Kier alpha value is -1.62. The molecule has 0 radical (unpaired) electrons. The highest BCUT2D eigenvalue weighted by Crippen LogP contribution is 2.19. The van der Waals surface area contributed by atoms with Crippen LogP contribution in [0.1, 0.15) is 18.9 Å². The minimum absolute atomic E-state index is 0.246. The molecule has 1 aromatic rings. The third-order valence-electron chi connectivity index (χ3n) is 2.67. The maximum atomic E-state index is 13.6. The molecule has 5 heteroatoms. The maximum absolute atomic E-state index is 13.6. The topological polar surface area (TPSA) is 38.8 Å². The van der Waals surface area contributed by atoms with E-state index >= 15 is 0 Å². The van der Waals surface area contributed by atoms with Crippen LogP contribution in [0.3, 0.4) is 0 Å². The Morgan fingerprint density at radius 1 is 1.42 bits per heavy atom. The lowest BCUT2D eigenvalue weighted by Gasteiger charge is -2.16. The summed E-state index contributed by atoms with van der Waals surface area (Å²) in [4.78, 5) is 13.0. The van der Waals surface area contributed by atoms with Crippen LogP contribution >= 0.6 is 0 Å². The van der Waals surface area contributed by atoms with Crippen LogP contribution in [0.5, 0.6) is 5.75 Å². The molecule has 106 valence electrons. The number of carbonyl (C=O) groups is 1. The van der Waals surface area contributed by atoms with Gasteiger partial charge in [-0.15, -0.1) is 0 Å². The van der Waals surface area contributed by atoms with Crippen LogP contribution in [0.4, 0.5) is 4.39 Å². The molecule has 19 heavy (non-hydrogen) atoms. The number of halogens is 1. The van der Waals surface area contributed by atoms with Gasteiger partial charge in [0.2, 0.25) is 0 Å². The summed E-state index contributed by atoms with van der Waals surface area (Å²) in [5, 5.41) is 0. The molecule has 0 atom stereocenters. The second-order valence-corrected chi connectivity index (χ2v) is 4.26. The first-order valence-electron chi connectivity index (χ1n) is 6.23. The third-order valence-corrected chi connectivity index (χ3v) is 2.67. The Labute approximate surface area is 113 Å². The number of benzene rings is 1. The molecule has 0 heterocycles. The zero-order chi connectivity index (χ0) is 14.3. The number of hydrogen-bond acceptors (Lipinski definition) is 4. The number of carbonyl (C=O) groups excluding carboxylic acids is 1. The molecule has 0 aliphatic carbocycles. The number of methoxy groups -OCH3 is 1. The van der Waals surface area contributed by atoms with Gasteiger partial charge in [0.25, 0.3) is 0 Å². The van der Waals surface area contributed by atoms with Gasteiger partial charge in [0.15, 0.2) is 11.6 Å². The van der Waals surface area contributed by atoms with Crippen LogP contribution in [0.25, 0.3) is 0 Å². The monoisotopic (exact) mass is 269 g/mol. The fraction of sp³-hybridized carbons (Fsp3) is 0.500. The van der Waals surface area contributed by atoms with E-state index in [0.29, 0.717) is 26.1 Å². The molecule has 0 spiro atoms. The van der Waals surface area contributed by atoms with Crippen LogP contribution in [0.2, 0.25) is 0 Å². The summed E-state index contributed by atoms with van der Waals surface area (Å²) in [6.07, 6.45) is 0.326. The average Bonchev–Trinajstić information content (AvgIpc) is 2.39. The first kappa shape index (κ1) is 15.4. The van der Waals surface area contributed by atoms with Crippen LogP contribution in [0.15, 0.2) is 18.2 Å². The molecule has 1 aromatic carbocycles. The van der Waals surface area contributed by atoms with E-state index in [9.17, 15) is 9.18 Å². The lowest BCUT2D eigenvalue weighted by molar-refractivity contribution is -0.140. The van der Waals surface area contributed by atoms with E-state index in [2.05, 4.69) is 4.74 Å². The van der Waals surface area contributed by atoms with Gasteiger partial charge in [0, 0.05) is 13.1 Å². The molecular weight excluding hydrogens is 249 g/mol. The van der Waals surface area contributed by atoms with Crippen molar-refractivity contribution in [3.05, 3.63) is 29.6 Å². The SMILES string of the molecule is CCOc1ccc(CN(C)CCC(=O)OC)cc1F. The summed E-state index contributed by atoms with van der Waals surface area (Å²) in [5.74, 6) is -0.339. The van der Waals surface area contributed by atoms with E-state index in [1.807, 2.05) is 24.9 Å². The largest absolute Gasteiger partial charge is 0.491 e. The Morgan fingerprint density at radius 2 is 2.16 bits per heavy atom. The average molecular weight is 269 g/mol. The van der Waals surface area contributed by atoms with Gasteiger partial charge in [0.1, 0.15) is 0 Å². The lowest BCUT2D eigenvalue weighted by atomic mass is 10.2. The molecule has 0 aliphatic heterocycles. The maximum Gasteiger partial charge on any atom is 0.306 e. The highest BCUT2D eigenvalue weighted by atomic mass is 19.1. The Bertz CT molecular complexity index is 423. The quantitative estimate of drug-likeness (QED) is 0.711. The number of esters is 1. The molecule has 0 unspecified atom stereocenters. The molecule has 0 saturated heterocycles. The van der Waals surface area contributed by atoms with Crippen LogP contribution in [0, 0.1) is 5.82 Å². The van der Waals surface area contributed by atoms with E-state index in [0.717, 1.165) is 5.56 Å². The van der Waals surface area contributed by atoms with Crippen LogP contribution in [-0.4, -0.2) is 38.2 Å². The second-order valence-electron chi connectivity index (χ2n) is 4.26. The number of nitrogens with zero attached hydrogens (tertiary/aromatic N) is 1. The molecule has 0 N–H and O–H groups in total. The zero-order valence-electron chi connectivity index (χ0n) is 11.6. The van der Waals surface area contributed by atoms with Crippen molar-refractivity contribution in [2.45, 2.75) is 19.9 Å². The minimum atomic E-state index is -0.360. The summed E-state index contributed by atoms with van der Waals surface area (Å²) in [5.41, 5.74) is 0.841. The molecule has 0 aliphatic rings. The Balaban J connectivity index is 2.52. The van der Waals surface area contributed by atoms with E-state index < -0.39 is 0 Å². The van der Waals surface area contributed by atoms with Crippen molar-refractivity contribution in [3.63, 3.8) is 0 Å². The highest BCUT2D eigenvalue weighted by molar-refractivity contribution is 5.69. The second kappa shape index (κ2) is 7.74. The summed E-state index contributed by atoms with van der Waals surface area (Å²) < 4.78 is 23.3. The number of rotatable bonds is 7. The third kappa shape index (κ3) is 5.26. The fourth-order valence-corrected chi connectivity index (χ4v) is 1.69. The lowest BCUT2D eigenvalue weighted by Crippen LogP contribution is -2.21.